The first-order chi connectivity index (χ1) is 16.5. The van der Waals surface area contributed by atoms with E-state index in [0.29, 0.717) is 19.4 Å². The molecular weight excluding hydrogens is 436 g/mol. The van der Waals surface area contributed by atoms with Crippen LogP contribution in [-0.2, 0) is 19.1 Å². The van der Waals surface area contributed by atoms with Gasteiger partial charge in [-0.05, 0) is 41.0 Å². The van der Waals surface area contributed by atoms with Crippen molar-refractivity contribution in [2.24, 2.45) is 17.8 Å². The number of ether oxygens (including phenoxy) is 2. The monoisotopic (exact) mass is 464 g/mol. The lowest BCUT2D eigenvalue weighted by molar-refractivity contribution is -0.139. The molecular formula is C26H28N2O6. The number of carbonyl (C=O) groups is 3. The fourth-order valence-electron chi connectivity index (χ4n) is 5.03. The Kier molecular flexibility index (Phi) is 6.24. The summed E-state index contributed by atoms with van der Waals surface area (Å²) in [5.41, 5.74) is 4.67. The molecule has 2 aromatic rings. The largest absolute Gasteiger partial charge is 0.481 e. The Morgan fingerprint density at radius 3 is 2.26 bits per heavy atom. The number of aliphatic carboxylic acids is 1. The van der Waals surface area contributed by atoms with E-state index in [1.54, 1.807) is 0 Å². The SMILES string of the molecule is O=C(NCC1CC(C(=O)NCC2CC2C(=O)O)CO1)OCC1c2ccccc2-c2ccccc21. The fraction of sp³-hybridized carbons (Fsp3) is 0.423. The van der Waals surface area contributed by atoms with Gasteiger partial charge in [0, 0.05) is 19.0 Å². The number of amides is 2. The van der Waals surface area contributed by atoms with Crippen molar-refractivity contribution in [2.75, 3.05) is 26.3 Å². The van der Waals surface area contributed by atoms with Gasteiger partial charge < -0.3 is 25.2 Å². The molecule has 0 aromatic heterocycles. The van der Waals surface area contributed by atoms with Gasteiger partial charge in [0.25, 0.3) is 0 Å². The summed E-state index contributed by atoms with van der Waals surface area (Å²) in [6.07, 6.45) is 0.349. The number of carboxylic acid groups (broad SMARTS) is 1. The number of alkyl carbamates (subject to hydrolysis) is 1. The molecule has 4 atom stereocenters. The summed E-state index contributed by atoms with van der Waals surface area (Å²) in [5, 5.41) is 14.5. The molecule has 4 unspecified atom stereocenters. The van der Waals surface area contributed by atoms with Gasteiger partial charge in [-0.2, -0.15) is 0 Å². The van der Waals surface area contributed by atoms with Crippen LogP contribution in [0.4, 0.5) is 4.79 Å². The molecule has 3 N–H and O–H groups in total. The highest BCUT2D eigenvalue weighted by atomic mass is 16.5. The number of hydrogen-bond acceptors (Lipinski definition) is 5. The number of fused-ring (bicyclic) bond motifs is 3. The molecule has 5 rings (SSSR count). The molecule has 178 valence electrons. The van der Waals surface area contributed by atoms with Crippen molar-refractivity contribution in [3.63, 3.8) is 0 Å². The van der Waals surface area contributed by atoms with Crippen molar-refractivity contribution >= 4 is 18.0 Å². The lowest BCUT2D eigenvalue weighted by atomic mass is 9.98. The molecule has 2 fully saturated rings. The summed E-state index contributed by atoms with van der Waals surface area (Å²) in [4.78, 5) is 35.6. The van der Waals surface area contributed by atoms with Crippen LogP contribution < -0.4 is 10.6 Å². The molecule has 1 saturated heterocycles. The van der Waals surface area contributed by atoms with E-state index in [0.717, 1.165) is 11.1 Å². The Balaban J connectivity index is 1.05. The molecule has 2 aromatic carbocycles. The molecule has 34 heavy (non-hydrogen) atoms. The van der Waals surface area contributed by atoms with Crippen LogP contribution in [0.1, 0.15) is 29.9 Å². The zero-order chi connectivity index (χ0) is 23.7. The fourth-order valence-corrected chi connectivity index (χ4v) is 5.03. The van der Waals surface area contributed by atoms with E-state index in [1.807, 2.05) is 24.3 Å². The minimum Gasteiger partial charge on any atom is -0.481 e. The number of carboxylic acids is 1. The summed E-state index contributed by atoms with van der Waals surface area (Å²) in [5.74, 6) is -1.54. The molecule has 1 saturated carbocycles. The van der Waals surface area contributed by atoms with Crippen LogP contribution >= 0.6 is 0 Å². The van der Waals surface area contributed by atoms with Gasteiger partial charge in [-0.15, -0.1) is 0 Å². The van der Waals surface area contributed by atoms with E-state index in [2.05, 4.69) is 34.9 Å². The molecule has 2 aliphatic carbocycles. The first kappa shape index (κ1) is 22.4. The van der Waals surface area contributed by atoms with Crippen molar-refractivity contribution in [2.45, 2.75) is 24.9 Å². The Labute approximate surface area is 197 Å². The summed E-state index contributed by atoms with van der Waals surface area (Å²) >= 11 is 0. The highest BCUT2D eigenvalue weighted by molar-refractivity contribution is 5.80. The number of nitrogens with one attached hydrogen (secondary N) is 2. The second-order valence-electron chi connectivity index (χ2n) is 9.28. The number of rotatable bonds is 8. The van der Waals surface area contributed by atoms with Crippen molar-refractivity contribution in [1.29, 1.82) is 0 Å². The van der Waals surface area contributed by atoms with Gasteiger partial charge in [-0.1, -0.05) is 48.5 Å². The first-order valence-corrected chi connectivity index (χ1v) is 11.7. The highest BCUT2D eigenvalue weighted by Gasteiger charge is 2.43. The standard InChI is InChI=1S/C26H28N2O6/c29-24(27-11-15-10-22(15)25(30)31)16-9-17(33-13-16)12-28-26(32)34-14-23-20-7-3-1-5-18(20)19-6-2-4-8-21(19)23/h1-8,15-17,22-23H,9-14H2,(H,27,29)(H,28,32)(H,30,31). The Bertz CT molecular complexity index is 1060. The van der Waals surface area contributed by atoms with Gasteiger partial charge in [0.15, 0.2) is 0 Å². The van der Waals surface area contributed by atoms with Gasteiger partial charge in [-0.25, -0.2) is 4.79 Å². The molecule has 1 aliphatic heterocycles. The summed E-state index contributed by atoms with van der Waals surface area (Å²) < 4.78 is 11.2. The van der Waals surface area contributed by atoms with E-state index < -0.39 is 12.1 Å². The van der Waals surface area contributed by atoms with Gasteiger partial charge in [-0.3, -0.25) is 9.59 Å². The summed E-state index contributed by atoms with van der Waals surface area (Å²) in [7, 11) is 0. The highest BCUT2D eigenvalue weighted by Crippen LogP contribution is 2.44. The molecule has 8 heteroatoms. The topological polar surface area (TPSA) is 114 Å². The zero-order valence-electron chi connectivity index (χ0n) is 18.7. The maximum absolute atomic E-state index is 12.3. The van der Waals surface area contributed by atoms with Crippen molar-refractivity contribution < 1.29 is 29.0 Å². The molecule has 0 bridgehead atoms. The summed E-state index contributed by atoms with van der Waals surface area (Å²) in [6, 6.07) is 16.3. The van der Waals surface area contributed by atoms with Crippen molar-refractivity contribution in [1.82, 2.24) is 10.6 Å². The third-order valence-electron chi connectivity index (χ3n) is 7.05. The average molecular weight is 465 g/mol. The van der Waals surface area contributed by atoms with Gasteiger partial charge in [0.2, 0.25) is 5.91 Å². The second kappa shape index (κ2) is 9.46. The number of carbonyl (C=O) groups excluding carboxylic acids is 2. The molecule has 3 aliphatic rings. The van der Waals surface area contributed by atoms with Crippen LogP contribution in [0.15, 0.2) is 48.5 Å². The van der Waals surface area contributed by atoms with Crippen LogP contribution in [0.2, 0.25) is 0 Å². The van der Waals surface area contributed by atoms with E-state index in [1.165, 1.54) is 11.1 Å². The van der Waals surface area contributed by atoms with E-state index in [4.69, 9.17) is 14.6 Å². The lowest BCUT2D eigenvalue weighted by Gasteiger charge is -2.15. The van der Waals surface area contributed by atoms with Crippen molar-refractivity contribution in [3.05, 3.63) is 59.7 Å². The third kappa shape index (κ3) is 4.63. The van der Waals surface area contributed by atoms with Gasteiger partial charge in [0.1, 0.15) is 6.61 Å². The lowest BCUT2D eigenvalue weighted by Crippen LogP contribution is -2.34. The third-order valence-corrected chi connectivity index (χ3v) is 7.05. The van der Waals surface area contributed by atoms with Crippen LogP contribution in [-0.4, -0.2) is 55.5 Å². The average Bonchev–Trinajstić information content (AvgIpc) is 3.36. The van der Waals surface area contributed by atoms with Crippen molar-refractivity contribution in [3.8, 4) is 11.1 Å². The van der Waals surface area contributed by atoms with Gasteiger partial charge in [0.05, 0.1) is 24.5 Å². The quantitative estimate of drug-likeness (QED) is 0.554. The van der Waals surface area contributed by atoms with Crippen LogP contribution in [0, 0.1) is 17.8 Å². The Morgan fingerprint density at radius 2 is 1.62 bits per heavy atom. The molecule has 0 spiro atoms. The second-order valence-corrected chi connectivity index (χ2v) is 9.28. The Morgan fingerprint density at radius 1 is 0.941 bits per heavy atom. The van der Waals surface area contributed by atoms with Crippen LogP contribution in [0.25, 0.3) is 11.1 Å². The normalized spacial score (nSPS) is 24.7. The van der Waals surface area contributed by atoms with E-state index in [9.17, 15) is 14.4 Å². The number of benzene rings is 2. The smallest absolute Gasteiger partial charge is 0.407 e. The Hall–Kier alpha value is -3.39. The van der Waals surface area contributed by atoms with Crippen LogP contribution in [0.5, 0.6) is 0 Å². The zero-order valence-corrected chi connectivity index (χ0v) is 18.7. The molecule has 8 nitrogen and oxygen atoms in total. The van der Waals surface area contributed by atoms with E-state index in [-0.39, 0.29) is 55.4 Å². The first-order valence-electron chi connectivity index (χ1n) is 11.7. The predicted molar refractivity (Wildman–Crippen MR) is 123 cm³/mol. The molecule has 1 heterocycles. The van der Waals surface area contributed by atoms with Crippen LogP contribution in [0.3, 0.4) is 0 Å². The predicted octanol–water partition coefficient (Wildman–Crippen LogP) is 2.77. The number of hydrogen-bond donors (Lipinski definition) is 3. The summed E-state index contributed by atoms with van der Waals surface area (Å²) in [6.45, 7) is 1.18. The maximum atomic E-state index is 12.3. The van der Waals surface area contributed by atoms with E-state index >= 15 is 0 Å². The molecule has 2 amide bonds. The minimum atomic E-state index is -0.803. The van der Waals surface area contributed by atoms with Gasteiger partial charge >= 0.3 is 12.1 Å². The minimum absolute atomic E-state index is 0.00106. The maximum Gasteiger partial charge on any atom is 0.407 e. The molecule has 0 radical (unpaired) electrons.